The van der Waals surface area contributed by atoms with E-state index in [9.17, 15) is 5.26 Å². The number of nitriles is 1. The van der Waals surface area contributed by atoms with Crippen LogP contribution in [0.1, 0.15) is 5.56 Å². The lowest BCUT2D eigenvalue weighted by molar-refractivity contribution is 0.669. The molecular formula is C55H29N5O. The quantitative estimate of drug-likeness (QED) is 0.132. The molecule has 0 saturated carbocycles. The molecule has 4 heterocycles. The van der Waals surface area contributed by atoms with Crippen molar-refractivity contribution in [3.63, 3.8) is 0 Å². The third-order valence-corrected chi connectivity index (χ3v) is 12.6. The number of hydrogen-bond acceptors (Lipinski definition) is 3. The van der Waals surface area contributed by atoms with Gasteiger partial charge in [0.25, 0.3) is 0 Å². The van der Waals surface area contributed by atoms with Crippen LogP contribution in [0.2, 0.25) is 0 Å². The number of para-hydroxylation sites is 2. The molecule has 0 aliphatic rings. The van der Waals surface area contributed by atoms with Gasteiger partial charge in [-0.05, 0) is 59.0 Å². The molecule has 61 heavy (non-hydrogen) atoms. The van der Waals surface area contributed by atoms with Gasteiger partial charge < -0.3 is 13.6 Å². The van der Waals surface area contributed by atoms with E-state index in [0.29, 0.717) is 28.2 Å². The van der Waals surface area contributed by atoms with Crippen LogP contribution in [0.5, 0.6) is 0 Å². The van der Waals surface area contributed by atoms with Gasteiger partial charge in [0.1, 0.15) is 17.2 Å². The summed E-state index contributed by atoms with van der Waals surface area (Å²) in [5.41, 5.74) is 11.6. The van der Waals surface area contributed by atoms with Gasteiger partial charge in [0, 0.05) is 60.4 Å². The second-order valence-electron chi connectivity index (χ2n) is 15.5. The lowest BCUT2D eigenvalue weighted by Crippen LogP contribution is -2.08. The van der Waals surface area contributed by atoms with Crippen LogP contribution in [-0.2, 0) is 0 Å². The Labute approximate surface area is 348 Å². The van der Waals surface area contributed by atoms with E-state index in [4.69, 9.17) is 16.0 Å². The van der Waals surface area contributed by atoms with Gasteiger partial charge in [-0.1, -0.05) is 127 Å². The minimum Gasteiger partial charge on any atom is -0.456 e. The van der Waals surface area contributed by atoms with Crippen molar-refractivity contribution >= 4 is 92.9 Å². The predicted molar refractivity (Wildman–Crippen MR) is 248 cm³/mol. The number of benzene rings is 9. The Kier molecular flexibility index (Phi) is 6.76. The zero-order chi connectivity index (χ0) is 40.3. The molecule has 0 aliphatic heterocycles. The van der Waals surface area contributed by atoms with Crippen molar-refractivity contribution in [2.45, 2.75) is 0 Å². The number of rotatable bonds is 4. The van der Waals surface area contributed by atoms with Gasteiger partial charge in [0.15, 0.2) is 0 Å². The Morgan fingerprint density at radius 2 is 1.05 bits per heavy atom. The molecule has 9 aromatic carbocycles. The van der Waals surface area contributed by atoms with Crippen molar-refractivity contribution in [3.05, 3.63) is 193 Å². The van der Waals surface area contributed by atoms with Gasteiger partial charge in [0.05, 0.1) is 51.1 Å². The lowest BCUT2D eigenvalue weighted by atomic mass is 9.88. The Balaban J connectivity index is 1.32. The van der Waals surface area contributed by atoms with E-state index in [1.165, 1.54) is 0 Å². The molecule has 0 bridgehead atoms. The van der Waals surface area contributed by atoms with Crippen LogP contribution >= 0.6 is 0 Å². The van der Waals surface area contributed by atoms with Crippen molar-refractivity contribution in [3.8, 4) is 39.7 Å². The van der Waals surface area contributed by atoms with E-state index < -0.39 is 0 Å². The van der Waals surface area contributed by atoms with Gasteiger partial charge >= 0.3 is 0 Å². The molecule has 0 unspecified atom stereocenters. The van der Waals surface area contributed by atoms with Crippen molar-refractivity contribution in [2.75, 3.05) is 0 Å². The van der Waals surface area contributed by atoms with E-state index >= 15 is 0 Å². The van der Waals surface area contributed by atoms with Crippen LogP contribution in [0, 0.1) is 17.9 Å². The summed E-state index contributed by atoms with van der Waals surface area (Å²) in [5.74, 6) is 0. The van der Waals surface area contributed by atoms with Crippen molar-refractivity contribution in [1.29, 1.82) is 5.26 Å². The molecule has 6 heteroatoms. The fourth-order valence-electron chi connectivity index (χ4n) is 10.3. The Morgan fingerprint density at radius 3 is 1.80 bits per heavy atom. The van der Waals surface area contributed by atoms with Crippen molar-refractivity contribution < 1.29 is 4.42 Å². The molecule has 280 valence electrons. The molecule has 0 aliphatic carbocycles. The number of fused-ring (bicyclic) bond motifs is 10. The first-order chi connectivity index (χ1) is 30.2. The average molecular weight is 776 g/mol. The second kappa shape index (κ2) is 12.4. The molecule has 13 rings (SSSR count). The molecule has 13 aromatic rings. The smallest absolute Gasteiger partial charge is 0.220 e. The first-order valence-corrected chi connectivity index (χ1v) is 20.2. The maximum atomic E-state index is 11.7. The summed E-state index contributed by atoms with van der Waals surface area (Å²) in [5, 5.41) is 21.3. The highest BCUT2D eigenvalue weighted by Crippen LogP contribution is 2.54. The topological polar surface area (TPSA) is 64.0 Å². The molecule has 0 radical (unpaired) electrons. The van der Waals surface area contributed by atoms with Crippen molar-refractivity contribution in [2.24, 2.45) is 0 Å². The Bertz CT molecular complexity index is 3980. The molecule has 6 nitrogen and oxygen atoms in total. The highest BCUT2D eigenvalue weighted by atomic mass is 16.3. The largest absolute Gasteiger partial charge is 0.456 e. The lowest BCUT2D eigenvalue weighted by Gasteiger charge is -2.25. The molecule has 0 N–H and O–H groups in total. The van der Waals surface area contributed by atoms with Crippen LogP contribution < -0.4 is 0 Å². The van der Waals surface area contributed by atoms with Crippen LogP contribution in [-0.4, -0.2) is 14.1 Å². The van der Waals surface area contributed by atoms with Gasteiger partial charge in [-0.25, -0.2) is 4.85 Å². The highest BCUT2D eigenvalue weighted by molar-refractivity contribution is 6.34. The van der Waals surface area contributed by atoms with Gasteiger partial charge in [-0.15, -0.1) is 0 Å². The summed E-state index contributed by atoms with van der Waals surface area (Å²) in [4.78, 5) is 9.40. The number of furan rings is 1. The zero-order valence-electron chi connectivity index (χ0n) is 32.4. The fourth-order valence-corrected chi connectivity index (χ4v) is 10.3. The summed E-state index contributed by atoms with van der Waals surface area (Å²) in [7, 11) is 0. The summed E-state index contributed by atoms with van der Waals surface area (Å²) >= 11 is 0. The maximum Gasteiger partial charge on any atom is 0.220 e. The number of aromatic nitrogens is 3. The van der Waals surface area contributed by atoms with E-state index in [-0.39, 0.29) is 0 Å². The van der Waals surface area contributed by atoms with Gasteiger partial charge in [-0.3, -0.25) is 4.98 Å². The third kappa shape index (κ3) is 4.35. The predicted octanol–water partition coefficient (Wildman–Crippen LogP) is 14.7. The van der Waals surface area contributed by atoms with E-state index in [0.717, 1.165) is 104 Å². The van der Waals surface area contributed by atoms with Crippen LogP contribution in [0.15, 0.2) is 180 Å². The minimum absolute atomic E-state index is 0.402. The van der Waals surface area contributed by atoms with Gasteiger partial charge in [-0.2, -0.15) is 5.26 Å². The minimum atomic E-state index is 0.402. The fraction of sp³-hybridized carbons (Fsp3) is 0. The molecule has 0 atom stereocenters. The maximum absolute atomic E-state index is 11.7. The standard InChI is InChI=1S/C55H29N5O/c1-57-53-46(32-15-4-2-5-16-32)39(31-56)54(59-40-24-10-8-19-36(40)49-43(59)28-29-45-51(49)37-20-9-11-27-44(37)61-45)47(33-17-6-3-7-18-33)55(53)60-41-25-12-21-34-35-23-14-30-58-52(35)38-22-13-26-42(60)50(38)48(34)41/h2-30H. The van der Waals surface area contributed by atoms with E-state index in [1.807, 2.05) is 85.1 Å². The average Bonchev–Trinajstić information content (AvgIpc) is 3.99. The molecule has 0 amide bonds. The molecular weight excluding hydrogens is 747 g/mol. The summed E-state index contributed by atoms with van der Waals surface area (Å²) in [6, 6.07) is 60.6. The first-order valence-electron chi connectivity index (χ1n) is 20.2. The van der Waals surface area contributed by atoms with E-state index in [1.54, 1.807) is 0 Å². The van der Waals surface area contributed by atoms with Gasteiger partial charge in [0.2, 0.25) is 5.69 Å². The SMILES string of the molecule is [C-]#[N+]c1c(-c2ccccc2)c(C#N)c(-n2c3ccccc3c3c4c(ccc32)oc2ccccc24)c(-c2ccccc2)c1-n1c2cccc3c4cccnc4c4cccc1c4c32. The summed E-state index contributed by atoms with van der Waals surface area (Å²) in [6.45, 7) is 9.16. The molecule has 0 saturated heterocycles. The second-order valence-corrected chi connectivity index (χ2v) is 15.5. The third-order valence-electron chi connectivity index (χ3n) is 12.6. The van der Waals surface area contributed by atoms with Crippen LogP contribution in [0.4, 0.5) is 5.69 Å². The monoisotopic (exact) mass is 775 g/mol. The first kappa shape index (κ1) is 33.3. The zero-order valence-corrected chi connectivity index (χ0v) is 32.4. The van der Waals surface area contributed by atoms with Crippen LogP contribution in [0.25, 0.3) is 126 Å². The Hall–Kier alpha value is -8.71. The normalized spacial score (nSPS) is 11.9. The number of nitrogens with zero attached hydrogens (tertiary/aromatic N) is 5. The summed E-state index contributed by atoms with van der Waals surface area (Å²) in [6.07, 6.45) is 1.86. The van der Waals surface area contributed by atoms with Crippen molar-refractivity contribution in [1.82, 2.24) is 14.1 Å². The van der Waals surface area contributed by atoms with E-state index in [2.05, 4.69) is 111 Å². The highest BCUT2D eigenvalue weighted by Gasteiger charge is 2.32. The molecule has 4 aromatic heterocycles. The number of hydrogen-bond donors (Lipinski definition) is 0. The summed E-state index contributed by atoms with van der Waals surface area (Å²) < 4.78 is 11.0. The molecule has 0 fully saturated rings. The number of pyridine rings is 1. The Morgan fingerprint density at radius 1 is 0.475 bits per heavy atom. The molecule has 0 spiro atoms. The van der Waals surface area contributed by atoms with Crippen LogP contribution in [0.3, 0.4) is 0 Å².